The molecule has 4 nitrogen and oxygen atoms in total. The van der Waals surface area contributed by atoms with Gasteiger partial charge in [-0.1, -0.05) is 6.07 Å². The van der Waals surface area contributed by atoms with Crippen LogP contribution in [0, 0.1) is 0 Å². The lowest BCUT2D eigenvalue weighted by atomic mass is 10.3. The van der Waals surface area contributed by atoms with Gasteiger partial charge in [0, 0.05) is 23.5 Å². The van der Waals surface area contributed by atoms with E-state index in [1.54, 1.807) is 35.7 Å². The van der Waals surface area contributed by atoms with Gasteiger partial charge in [-0.25, -0.2) is 13.4 Å². The summed E-state index contributed by atoms with van der Waals surface area (Å²) in [4.78, 5) is 4.54. The first kappa shape index (κ1) is 13.0. The molecule has 0 amide bonds. The van der Waals surface area contributed by atoms with Gasteiger partial charge in [-0.3, -0.25) is 0 Å². The maximum absolute atomic E-state index is 11.5. The number of benzene rings is 1. The molecule has 96 valence electrons. The fraction of sp³-hybridized carbons (Fsp3) is 0.250. The predicted octanol–water partition coefficient (Wildman–Crippen LogP) is 2.72. The maximum Gasteiger partial charge on any atom is 0.175 e. The Morgan fingerprint density at radius 3 is 2.78 bits per heavy atom. The standard InChI is InChI=1S/C12H14N2O2S2/c1-9(12-13-6-7-17-12)14-10-4-3-5-11(8-10)18(2,15)16/h3-9,14H,1-2H3. The van der Waals surface area contributed by atoms with Crippen LogP contribution in [0.3, 0.4) is 0 Å². The van der Waals surface area contributed by atoms with Crippen LogP contribution >= 0.6 is 11.3 Å². The highest BCUT2D eigenvalue weighted by Crippen LogP contribution is 2.22. The molecule has 0 aliphatic rings. The van der Waals surface area contributed by atoms with Crippen molar-refractivity contribution in [2.45, 2.75) is 17.9 Å². The lowest BCUT2D eigenvalue weighted by Gasteiger charge is -2.13. The number of nitrogens with zero attached hydrogens (tertiary/aromatic N) is 1. The van der Waals surface area contributed by atoms with Crippen molar-refractivity contribution in [2.24, 2.45) is 0 Å². The van der Waals surface area contributed by atoms with Gasteiger partial charge < -0.3 is 5.32 Å². The molecule has 6 heteroatoms. The summed E-state index contributed by atoms with van der Waals surface area (Å²) in [6, 6.07) is 6.86. The monoisotopic (exact) mass is 282 g/mol. The Hall–Kier alpha value is -1.40. The van der Waals surface area contributed by atoms with Gasteiger partial charge in [0.2, 0.25) is 0 Å². The zero-order chi connectivity index (χ0) is 13.2. The Morgan fingerprint density at radius 2 is 2.17 bits per heavy atom. The minimum absolute atomic E-state index is 0.0554. The average molecular weight is 282 g/mol. The van der Waals surface area contributed by atoms with Crippen molar-refractivity contribution in [3.8, 4) is 0 Å². The van der Waals surface area contributed by atoms with Crippen LogP contribution in [-0.2, 0) is 9.84 Å². The van der Waals surface area contributed by atoms with E-state index >= 15 is 0 Å². The highest BCUT2D eigenvalue weighted by Gasteiger charge is 2.10. The van der Waals surface area contributed by atoms with Crippen LogP contribution in [0.5, 0.6) is 0 Å². The predicted molar refractivity (Wildman–Crippen MR) is 73.7 cm³/mol. The van der Waals surface area contributed by atoms with Crippen LogP contribution in [-0.4, -0.2) is 19.7 Å². The number of hydrogen-bond acceptors (Lipinski definition) is 5. The molecule has 0 fully saturated rings. The van der Waals surface area contributed by atoms with Crippen molar-refractivity contribution in [3.63, 3.8) is 0 Å². The van der Waals surface area contributed by atoms with E-state index < -0.39 is 9.84 Å². The van der Waals surface area contributed by atoms with Crippen LogP contribution in [0.15, 0.2) is 40.7 Å². The van der Waals surface area contributed by atoms with Crippen LogP contribution in [0.2, 0.25) is 0 Å². The molecule has 0 aliphatic carbocycles. The summed E-state index contributed by atoms with van der Waals surface area (Å²) in [6.07, 6.45) is 2.96. The first-order valence-corrected chi connectivity index (χ1v) is 8.20. The summed E-state index contributed by atoms with van der Waals surface area (Å²) in [7, 11) is -3.17. The van der Waals surface area contributed by atoms with E-state index in [0.717, 1.165) is 10.7 Å². The Morgan fingerprint density at radius 1 is 1.39 bits per heavy atom. The molecule has 1 atom stereocenters. The molecule has 0 spiro atoms. The lowest BCUT2D eigenvalue weighted by Crippen LogP contribution is -2.07. The first-order chi connectivity index (χ1) is 8.47. The SMILES string of the molecule is CC(Nc1cccc(S(C)(=O)=O)c1)c1nccs1. The van der Waals surface area contributed by atoms with Gasteiger partial charge in [0.15, 0.2) is 9.84 Å². The zero-order valence-corrected chi connectivity index (χ0v) is 11.8. The molecule has 0 saturated heterocycles. The normalized spacial score (nSPS) is 13.2. The van der Waals surface area contributed by atoms with E-state index in [1.165, 1.54) is 6.26 Å². The number of anilines is 1. The van der Waals surface area contributed by atoms with Gasteiger partial charge in [0.05, 0.1) is 10.9 Å². The molecule has 1 aromatic carbocycles. The molecule has 0 radical (unpaired) electrons. The highest BCUT2D eigenvalue weighted by atomic mass is 32.2. The summed E-state index contributed by atoms with van der Waals surface area (Å²) in [5.41, 5.74) is 0.778. The van der Waals surface area contributed by atoms with Crippen LogP contribution < -0.4 is 5.32 Å². The third-order valence-corrected chi connectivity index (χ3v) is 4.54. The minimum atomic E-state index is -3.17. The molecule has 18 heavy (non-hydrogen) atoms. The van der Waals surface area contributed by atoms with Crippen LogP contribution in [0.25, 0.3) is 0 Å². The molecule has 1 heterocycles. The molecule has 1 unspecified atom stereocenters. The Labute approximate surface area is 111 Å². The zero-order valence-electron chi connectivity index (χ0n) is 10.1. The summed E-state index contributed by atoms with van der Waals surface area (Å²) >= 11 is 1.57. The summed E-state index contributed by atoms with van der Waals surface area (Å²) in [5, 5.41) is 6.13. The topological polar surface area (TPSA) is 59.1 Å². The number of nitrogens with one attached hydrogen (secondary N) is 1. The van der Waals surface area contributed by atoms with Gasteiger partial charge >= 0.3 is 0 Å². The van der Waals surface area contributed by atoms with Gasteiger partial charge in [-0.15, -0.1) is 11.3 Å². The van der Waals surface area contributed by atoms with E-state index in [2.05, 4.69) is 10.3 Å². The van der Waals surface area contributed by atoms with Gasteiger partial charge in [0.25, 0.3) is 0 Å². The fourth-order valence-corrected chi connectivity index (χ4v) is 2.89. The Kier molecular flexibility index (Phi) is 3.68. The number of thiazole rings is 1. The third-order valence-electron chi connectivity index (χ3n) is 2.47. The summed E-state index contributed by atoms with van der Waals surface area (Å²) < 4.78 is 22.9. The molecule has 2 rings (SSSR count). The fourth-order valence-electron chi connectivity index (χ4n) is 1.58. The first-order valence-electron chi connectivity index (χ1n) is 5.43. The second-order valence-corrected chi connectivity index (χ2v) is 6.98. The molecule has 1 aromatic heterocycles. The lowest BCUT2D eigenvalue weighted by molar-refractivity contribution is 0.602. The van der Waals surface area contributed by atoms with Gasteiger partial charge in [-0.2, -0.15) is 0 Å². The number of aromatic nitrogens is 1. The summed E-state index contributed by atoms with van der Waals surface area (Å²) in [5.74, 6) is 0. The van der Waals surface area contributed by atoms with Crippen molar-refractivity contribution in [1.29, 1.82) is 0 Å². The average Bonchev–Trinajstić information content (AvgIpc) is 2.81. The van der Waals surface area contributed by atoms with E-state index in [0.29, 0.717) is 4.90 Å². The van der Waals surface area contributed by atoms with E-state index in [4.69, 9.17) is 0 Å². The minimum Gasteiger partial charge on any atom is -0.376 e. The maximum atomic E-state index is 11.5. The van der Waals surface area contributed by atoms with Crippen molar-refractivity contribution in [2.75, 3.05) is 11.6 Å². The Bertz CT molecular complexity index is 621. The summed E-state index contributed by atoms with van der Waals surface area (Å²) in [6.45, 7) is 1.99. The highest BCUT2D eigenvalue weighted by molar-refractivity contribution is 7.90. The molecule has 0 aliphatic heterocycles. The largest absolute Gasteiger partial charge is 0.376 e. The number of sulfone groups is 1. The molecule has 1 N–H and O–H groups in total. The molecular weight excluding hydrogens is 268 g/mol. The van der Waals surface area contributed by atoms with Crippen molar-refractivity contribution >= 4 is 26.9 Å². The Balaban J connectivity index is 2.20. The second-order valence-electron chi connectivity index (χ2n) is 4.04. The number of rotatable bonds is 4. The van der Waals surface area contributed by atoms with Gasteiger partial charge in [-0.05, 0) is 25.1 Å². The van der Waals surface area contributed by atoms with E-state index in [1.807, 2.05) is 18.4 Å². The van der Waals surface area contributed by atoms with Crippen LogP contribution in [0.1, 0.15) is 18.0 Å². The van der Waals surface area contributed by atoms with E-state index in [-0.39, 0.29) is 6.04 Å². The van der Waals surface area contributed by atoms with Crippen molar-refractivity contribution in [3.05, 3.63) is 40.8 Å². The molecular formula is C12H14N2O2S2. The smallest absolute Gasteiger partial charge is 0.175 e. The third kappa shape index (κ3) is 3.08. The molecule has 0 bridgehead atoms. The molecule has 0 saturated carbocycles. The quantitative estimate of drug-likeness (QED) is 0.936. The number of hydrogen-bond donors (Lipinski definition) is 1. The second kappa shape index (κ2) is 5.07. The van der Waals surface area contributed by atoms with Gasteiger partial charge in [0.1, 0.15) is 5.01 Å². The van der Waals surface area contributed by atoms with Crippen LogP contribution in [0.4, 0.5) is 5.69 Å². The molecule has 2 aromatic rings. The van der Waals surface area contributed by atoms with Crippen molar-refractivity contribution < 1.29 is 8.42 Å². The van der Waals surface area contributed by atoms with E-state index in [9.17, 15) is 8.42 Å². The van der Waals surface area contributed by atoms with Crippen molar-refractivity contribution in [1.82, 2.24) is 4.98 Å².